The molecular weight excluding hydrogens is 445 g/mol. The highest BCUT2D eigenvalue weighted by Gasteiger charge is 2.54. The summed E-state index contributed by atoms with van der Waals surface area (Å²) < 4.78 is 29.2. The average molecular weight is 476 g/mol. The van der Waals surface area contributed by atoms with Crippen molar-refractivity contribution in [1.29, 1.82) is 0 Å². The van der Waals surface area contributed by atoms with Crippen molar-refractivity contribution in [2.45, 2.75) is 64.1 Å². The zero-order valence-corrected chi connectivity index (χ0v) is 20.5. The summed E-state index contributed by atoms with van der Waals surface area (Å²) in [6.45, 7) is 6.00. The van der Waals surface area contributed by atoms with Gasteiger partial charge in [0.1, 0.15) is 18.1 Å². The molecule has 4 atom stereocenters. The topological polar surface area (TPSA) is 74.1 Å². The summed E-state index contributed by atoms with van der Waals surface area (Å²) in [5, 5.41) is 4.70. The average Bonchev–Trinajstić information content (AvgIpc) is 3.48. The van der Waals surface area contributed by atoms with Crippen molar-refractivity contribution in [1.82, 2.24) is 19.5 Å². The molecule has 1 saturated carbocycles. The van der Waals surface area contributed by atoms with E-state index in [0.29, 0.717) is 5.92 Å². The first kappa shape index (κ1) is 22.4. The van der Waals surface area contributed by atoms with Gasteiger partial charge in [0, 0.05) is 24.0 Å². The van der Waals surface area contributed by atoms with Crippen LogP contribution in [0.1, 0.15) is 44.0 Å². The Morgan fingerprint density at radius 2 is 1.97 bits per heavy atom. The second-order valence-corrected chi connectivity index (χ2v) is 10.2. The molecule has 0 amide bonds. The van der Waals surface area contributed by atoms with Crippen LogP contribution in [0.5, 0.6) is 0 Å². The number of rotatable bonds is 5. The molecule has 0 spiro atoms. The van der Waals surface area contributed by atoms with E-state index in [4.69, 9.17) is 9.47 Å². The van der Waals surface area contributed by atoms with E-state index in [1.54, 1.807) is 13.4 Å². The molecule has 6 rings (SSSR count). The number of hydrogen-bond donors (Lipinski definition) is 1. The highest BCUT2D eigenvalue weighted by Crippen LogP contribution is 2.49. The third-order valence-electron chi connectivity index (χ3n) is 7.49. The number of ether oxygens (including phenoxy) is 2. The number of hydrogen-bond acceptors (Lipinski definition) is 6. The van der Waals surface area contributed by atoms with Gasteiger partial charge in [-0.05, 0) is 69.7 Å². The molecule has 8 heteroatoms. The molecule has 4 heterocycles. The van der Waals surface area contributed by atoms with Crippen molar-refractivity contribution >= 4 is 27.8 Å². The van der Waals surface area contributed by atoms with Crippen molar-refractivity contribution in [3.8, 4) is 0 Å². The van der Waals surface area contributed by atoms with E-state index in [0.717, 1.165) is 46.9 Å². The van der Waals surface area contributed by atoms with Gasteiger partial charge in [0.25, 0.3) is 0 Å². The van der Waals surface area contributed by atoms with Gasteiger partial charge in [-0.2, -0.15) is 0 Å². The highest BCUT2D eigenvalue weighted by atomic mass is 19.1. The number of aromatic nitrogens is 4. The van der Waals surface area contributed by atoms with Crippen LogP contribution >= 0.6 is 0 Å². The summed E-state index contributed by atoms with van der Waals surface area (Å²) in [6.07, 6.45) is 6.56. The molecule has 3 aromatic heterocycles. The summed E-state index contributed by atoms with van der Waals surface area (Å²) in [5.41, 5.74) is 3.91. The summed E-state index contributed by atoms with van der Waals surface area (Å²) in [6, 6.07) is 9.86. The Morgan fingerprint density at radius 1 is 1.14 bits per heavy atom. The minimum atomic E-state index is -0.611. The SMILES string of the molecule is CNc1nc2cc(CC[C@H]3C[C@@H](n4ccc5c(C)ncnc54)[C@@H]4OC(C)(C)O[C@H]34)ccc2cc1F. The third-order valence-corrected chi connectivity index (χ3v) is 7.49. The molecule has 0 bridgehead atoms. The lowest BCUT2D eigenvalue weighted by molar-refractivity contribution is -0.160. The fourth-order valence-corrected chi connectivity index (χ4v) is 5.85. The Balaban J connectivity index is 1.26. The normalized spacial score (nSPS) is 25.4. The fourth-order valence-electron chi connectivity index (χ4n) is 5.85. The highest BCUT2D eigenvalue weighted by molar-refractivity contribution is 5.81. The lowest BCUT2D eigenvalue weighted by Gasteiger charge is -2.24. The fraction of sp³-hybridized carbons (Fsp3) is 0.444. The van der Waals surface area contributed by atoms with Crippen molar-refractivity contribution in [3.05, 3.63) is 59.9 Å². The Kier molecular flexibility index (Phi) is 5.27. The lowest BCUT2D eigenvalue weighted by Crippen LogP contribution is -2.27. The van der Waals surface area contributed by atoms with Crippen molar-refractivity contribution in [3.63, 3.8) is 0 Å². The van der Waals surface area contributed by atoms with Crippen molar-refractivity contribution in [2.24, 2.45) is 5.92 Å². The van der Waals surface area contributed by atoms with Crippen molar-refractivity contribution < 1.29 is 13.9 Å². The van der Waals surface area contributed by atoms with E-state index in [1.807, 2.05) is 26.8 Å². The van der Waals surface area contributed by atoms with Gasteiger partial charge in [0.15, 0.2) is 17.4 Å². The molecular formula is C27H30FN5O2. The van der Waals surface area contributed by atoms with Gasteiger partial charge in [-0.3, -0.25) is 0 Å². The first-order chi connectivity index (χ1) is 16.8. The van der Waals surface area contributed by atoms with Crippen LogP contribution in [-0.4, -0.2) is 44.6 Å². The van der Waals surface area contributed by atoms with E-state index < -0.39 is 5.79 Å². The first-order valence-corrected chi connectivity index (χ1v) is 12.2. The number of nitrogens with one attached hydrogen (secondary N) is 1. The maximum absolute atomic E-state index is 14.1. The molecule has 2 aliphatic rings. The van der Waals surface area contributed by atoms with Crippen LogP contribution in [0.25, 0.3) is 21.9 Å². The van der Waals surface area contributed by atoms with Crippen LogP contribution in [0, 0.1) is 18.7 Å². The molecule has 2 fully saturated rings. The minimum absolute atomic E-state index is 0.0268. The molecule has 7 nitrogen and oxygen atoms in total. The van der Waals surface area contributed by atoms with Gasteiger partial charge in [-0.15, -0.1) is 0 Å². The quantitative estimate of drug-likeness (QED) is 0.429. The number of benzene rings is 1. The Labute approximate surface area is 203 Å². The van der Waals surface area contributed by atoms with Crippen LogP contribution in [0.3, 0.4) is 0 Å². The van der Waals surface area contributed by atoms with Crippen LogP contribution in [-0.2, 0) is 15.9 Å². The number of halogens is 1. The second-order valence-electron chi connectivity index (χ2n) is 10.2. The van der Waals surface area contributed by atoms with Crippen LogP contribution in [0.15, 0.2) is 42.9 Å². The second kappa shape index (κ2) is 8.24. The van der Waals surface area contributed by atoms with E-state index in [-0.39, 0.29) is 29.9 Å². The van der Waals surface area contributed by atoms with Gasteiger partial charge in [-0.25, -0.2) is 19.3 Å². The lowest BCUT2D eigenvalue weighted by atomic mass is 9.95. The van der Waals surface area contributed by atoms with E-state index in [9.17, 15) is 4.39 Å². The van der Waals surface area contributed by atoms with Crippen molar-refractivity contribution in [2.75, 3.05) is 12.4 Å². The molecule has 1 aliphatic carbocycles. The molecule has 0 unspecified atom stereocenters. The van der Waals surface area contributed by atoms with E-state index >= 15 is 0 Å². The summed E-state index contributed by atoms with van der Waals surface area (Å²) in [7, 11) is 1.68. The molecule has 35 heavy (non-hydrogen) atoms. The van der Waals surface area contributed by atoms with E-state index in [2.05, 4.69) is 49.2 Å². The smallest absolute Gasteiger partial charge is 0.166 e. The maximum Gasteiger partial charge on any atom is 0.166 e. The van der Waals surface area contributed by atoms with Gasteiger partial charge < -0.3 is 19.4 Å². The number of pyridine rings is 1. The zero-order chi connectivity index (χ0) is 24.3. The molecule has 0 radical (unpaired) electrons. The minimum Gasteiger partial charge on any atom is -0.371 e. The molecule has 1 saturated heterocycles. The summed E-state index contributed by atoms with van der Waals surface area (Å²) in [4.78, 5) is 13.4. The van der Waals surface area contributed by atoms with E-state index in [1.165, 1.54) is 11.6 Å². The van der Waals surface area contributed by atoms with Gasteiger partial charge in [0.05, 0.1) is 23.4 Å². The van der Waals surface area contributed by atoms with Gasteiger partial charge in [0.2, 0.25) is 0 Å². The monoisotopic (exact) mass is 475 g/mol. The number of anilines is 1. The van der Waals surface area contributed by atoms with Gasteiger partial charge in [-0.1, -0.05) is 12.1 Å². The predicted molar refractivity (Wildman–Crippen MR) is 133 cm³/mol. The number of fused-ring (bicyclic) bond motifs is 3. The Bertz CT molecular complexity index is 1420. The van der Waals surface area contributed by atoms with Crippen LogP contribution < -0.4 is 5.32 Å². The standard InChI is InChI=1S/C27H30FN5O2/c1-15-19-9-10-33(26(19)31-14-30-15)22-13-18(23-24(22)35-27(2,3)34-23)8-6-16-5-7-17-12-20(28)25(29-4)32-21(17)11-16/h5,7,9-12,14,18,22-24H,6,8,13H2,1-4H3,(H,29,32)/t18-,22+,23+,24-/m0/s1. The molecule has 4 aromatic rings. The van der Waals surface area contributed by atoms with Crippen LogP contribution in [0.2, 0.25) is 0 Å². The molecule has 182 valence electrons. The third kappa shape index (κ3) is 3.85. The molecule has 1 N–H and O–H groups in total. The number of nitrogens with zero attached hydrogens (tertiary/aromatic N) is 4. The molecule has 1 aliphatic heterocycles. The predicted octanol–water partition coefficient (Wildman–Crippen LogP) is 5.18. The van der Waals surface area contributed by atoms with Gasteiger partial charge >= 0.3 is 0 Å². The Hall–Kier alpha value is -3.10. The van der Waals surface area contributed by atoms with Crippen LogP contribution in [0.4, 0.5) is 10.2 Å². The summed E-state index contributed by atoms with van der Waals surface area (Å²) in [5.74, 6) is -0.333. The first-order valence-electron chi connectivity index (χ1n) is 12.2. The largest absolute Gasteiger partial charge is 0.371 e. The molecule has 1 aromatic carbocycles. The maximum atomic E-state index is 14.1. The zero-order valence-electron chi connectivity index (χ0n) is 20.5. The summed E-state index contributed by atoms with van der Waals surface area (Å²) >= 11 is 0. The Morgan fingerprint density at radius 3 is 2.80 bits per heavy atom. The number of aryl methyl sites for hydroxylation is 2.